The molecule has 0 unspecified atom stereocenters. The minimum Gasteiger partial charge on any atom is -0.410 e. The maximum absolute atomic E-state index is 10.1. The van der Waals surface area contributed by atoms with Gasteiger partial charge in [0.15, 0.2) is 19.7 Å². The summed E-state index contributed by atoms with van der Waals surface area (Å²) in [5.74, 6) is 6.42. The molecule has 0 amide bonds. The summed E-state index contributed by atoms with van der Waals surface area (Å²) in [5.41, 5.74) is 0.528. The first kappa shape index (κ1) is 28.1. The van der Waals surface area contributed by atoms with Crippen molar-refractivity contribution in [3.63, 3.8) is 0 Å². The second-order valence-corrected chi connectivity index (χ2v) is 22.6. The molecule has 0 radical (unpaired) electrons. The Bertz CT molecular complexity index is 822. The number of rotatable bonds is 8. The Hall–Kier alpha value is -0.466. The summed E-state index contributed by atoms with van der Waals surface area (Å²) in [6.45, 7) is 22.7. The van der Waals surface area contributed by atoms with E-state index in [2.05, 4.69) is 72.6 Å². The van der Waals surface area contributed by atoms with Crippen LogP contribution in [0, 0.1) is 17.8 Å². The fraction of sp³-hybridized carbons (Fsp3) is 0.852. The molecule has 3 rings (SSSR count). The summed E-state index contributed by atoms with van der Waals surface area (Å²) >= 11 is 0. The summed E-state index contributed by atoms with van der Waals surface area (Å²) in [6.07, 6.45) is 2.76. The van der Waals surface area contributed by atoms with Crippen molar-refractivity contribution >= 4 is 16.4 Å². The van der Waals surface area contributed by atoms with E-state index in [1.165, 1.54) is 18.1 Å². The fourth-order valence-corrected chi connectivity index (χ4v) is 10.8. The summed E-state index contributed by atoms with van der Waals surface area (Å²) in [4.78, 5) is 0. The maximum Gasteiger partial charge on any atom is 0.192 e. The molecular weight excluding hydrogens is 460 g/mol. The topological polar surface area (TPSA) is 60.5 Å². The van der Waals surface area contributed by atoms with Gasteiger partial charge in [-0.3, -0.25) is 0 Å². The molecule has 5 nitrogen and oxygen atoms in total. The molecule has 0 aromatic carbocycles. The molecule has 0 spiro atoms. The molecule has 5 atom stereocenters. The molecule has 0 aromatic heterocycles. The highest BCUT2D eigenvalue weighted by atomic mass is 28.4. The molecule has 1 N–H and O–H groups in total. The smallest absolute Gasteiger partial charge is 0.192 e. The number of epoxide rings is 1. The van der Waals surface area contributed by atoms with Crippen LogP contribution in [-0.4, -0.2) is 64.0 Å². The van der Waals surface area contributed by atoms with Crippen LogP contribution in [0.5, 0.6) is 0 Å². The average molecular weight is 509 g/mol. The van der Waals surface area contributed by atoms with Gasteiger partial charge in [0.1, 0.15) is 6.10 Å². The first-order chi connectivity index (χ1) is 15.7. The largest absolute Gasteiger partial charge is 0.410 e. The van der Waals surface area contributed by atoms with Crippen LogP contribution in [0.15, 0.2) is 11.6 Å². The Morgan fingerprint density at radius 2 is 1.74 bits per heavy atom. The Balaban J connectivity index is 1.91. The van der Waals surface area contributed by atoms with Crippen LogP contribution in [0.3, 0.4) is 0 Å². The molecule has 194 valence electrons. The predicted molar refractivity (Wildman–Crippen MR) is 143 cm³/mol. The van der Waals surface area contributed by atoms with Crippen LogP contribution in [0.1, 0.15) is 61.8 Å². The van der Waals surface area contributed by atoms with Crippen molar-refractivity contribution in [3.8, 4) is 11.8 Å². The Labute approximate surface area is 210 Å². The second kappa shape index (κ2) is 9.77. The number of aliphatic hydroxyl groups excluding tert-OH is 1. The van der Waals surface area contributed by atoms with Gasteiger partial charge in [0.25, 0.3) is 0 Å². The fourth-order valence-electron chi connectivity index (χ4n) is 5.30. The maximum atomic E-state index is 10.1. The second-order valence-electron chi connectivity index (χ2n) is 12.4. The van der Waals surface area contributed by atoms with E-state index >= 15 is 0 Å². The summed E-state index contributed by atoms with van der Waals surface area (Å²) in [6, 6.07) is 3.53. The van der Waals surface area contributed by atoms with Gasteiger partial charge in [-0.1, -0.05) is 71.5 Å². The predicted octanol–water partition coefficient (Wildman–Crippen LogP) is 5.66. The first-order valence-electron chi connectivity index (χ1n) is 13.2. The molecule has 0 bridgehead atoms. The zero-order valence-electron chi connectivity index (χ0n) is 23.2. The van der Waals surface area contributed by atoms with Crippen molar-refractivity contribution in [2.24, 2.45) is 5.92 Å². The molecule has 3 aliphatic rings. The number of hydrogen-bond donors (Lipinski definition) is 1. The van der Waals surface area contributed by atoms with Gasteiger partial charge in [0.2, 0.25) is 0 Å². The lowest BCUT2D eigenvalue weighted by molar-refractivity contribution is -0.143. The van der Waals surface area contributed by atoms with Gasteiger partial charge in [-0.15, -0.1) is 0 Å². The van der Waals surface area contributed by atoms with Crippen LogP contribution >= 0.6 is 0 Å². The van der Waals surface area contributed by atoms with Crippen LogP contribution in [0.25, 0.3) is 0 Å². The van der Waals surface area contributed by atoms with Gasteiger partial charge in [-0.2, -0.15) is 0 Å². The van der Waals surface area contributed by atoms with Gasteiger partial charge in [0.05, 0.1) is 33.1 Å². The van der Waals surface area contributed by atoms with Gasteiger partial charge in [-0.05, 0) is 44.5 Å². The van der Waals surface area contributed by atoms with E-state index in [4.69, 9.17) is 18.6 Å². The van der Waals surface area contributed by atoms with Crippen LogP contribution < -0.4 is 0 Å². The lowest BCUT2D eigenvalue weighted by Gasteiger charge is -2.38. The highest BCUT2D eigenvalue weighted by Crippen LogP contribution is 2.52. The average Bonchev–Trinajstić information content (AvgIpc) is 3.18. The molecule has 1 aliphatic carbocycles. The van der Waals surface area contributed by atoms with Crippen molar-refractivity contribution in [2.75, 3.05) is 13.2 Å². The molecule has 7 heteroatoms. The van der Waals surface area contributed by atoms with Gasteiger partial charge in [0, 0.05) is 11.5 Å². The first-order valence-corrected chi connectivity index (χ1v) is 18.8. The van der Waals surface area contributed by atoms with E-state index in [-0.39, 0.29) is 35.5 Å². The van der Waals surface area contributed by atoms with Crippen molar-refractivity contribution in [1.29, 1.82) is 0 Å². The third-order valence-electron chi connectivity index (χ3n) is 9.00. The Morgan fingerprint density at radius 3 is 2.21 bits per heavy atom. The standard InChI is InChI=1S/C27H48O5Si2/c1-11-34(12-2,13-3)24-27(31-24,23-19-29-26(7,8)30-23)15-14-20-16-22(17-21(20)18-28)32-33(9,10)25(4,5)6/h16,21-24,28H,11-13,17-19H2,1-10H3/t21-,22+,23+,24+,27+/m0/s1. The highest BCUT2D eigenvalue weighted by Gasteiger charge is 2.70. The number of aliphatic hydroxyl groups is 1. The van der Waals surface area contributed by atoms with Crippen molar-refractivity contribution in [1.82, 2.24) is 0 Å². The third kappa shape index (κ3) is 5.29. The molecule has 2 fully saturated rings. The van der Waals surface area contributed by atoms with E-state index in [9.17, 15) is 5.11 Å². The molecule has 2 aliphatic heterocycles. The zero-order valence-corrected chi connectivity index (χ0v) is 25.2. The minimum absolute atomic E-state index is 0.00889. The molecule has 34 heavy (non-hydrogen) atoms. The van der Waals surface area contributed by atoms with E-state index in [1.807, 2.05) is 13.8 Å². The van der Waals surface area contributed by atoms with Gasteiger partial charge in [-0.25, -0.2) is 0 Å². The third-order valence-corrected chi connectivity index (χ3v) is 19.4. The quantitative estimate of drug-likeness (QED) is 0.261. The van der Waals surface area contributed by atoms with Crippen LogP contribution in [0.4, 0.5) is 0 Å². The van der Waals surface area contributed by atoms with E-state index < -0.39 is 27.8 Å². The van der Waals surface area contributed by atoms with Crippen molar-refractivity contribution < 1.29 is 23.7 Å². The van der Waals surface area contributed by atoms with Crippen molar-refractivity contribution in [3.05, 3.63) is 11.6 Å². The molecule has 0 saturated carbocycles. The Kier molecular flexibility index (Phi) is 8.08. The molecule has 2 heterocycles. The SMILES string of the molecule is CC[Si](CC)(CC)[C@H]1O[C@]1(C#CC1=C[C@@H](O[Si](C)(C)C(C)(C)C)C[C@H]1CO)[C@H]1COC(C)(C)O1. The van der Waals surface area contributed by atoms with E-state index in [0.29, 0.717) is 6.61 Å². The minimum atomic E-state index is -1.91. The lowest BCUT2D eigenvalue weighted by atomic mass is 10.00. The molecular formula is C27H48O5Si2. The van der Waals surface area contributed by atoms with E-state index in [0.717, 1.165) is 12.0 Å². The lowest BCUT2D eigenvalue weighted by Crippen LogP contribution is -2.47. The van der Waals surface area contributed by atoms with Crippen LogP contribution in [0.2, 0.25) is 36.3 Å². The number of hydrogen-bond acceptors (Lipinski definition) is 5. The summed E-state index contributed by atoms with van der Waals surface area (Å²) in [7, 11) is -3.56. The van der Waals surface area contributed by atoms with E-state index in [1.54, 1.807) is 0 Å². The molecule has 2 saturated heterocycles. The summed E-state index contributed by atoms with van der Waals surface area (Å²) in [5, 5.41) is 10.3. The van der Waals surface area contributed by atoms with Gasteiger partial charge >= 0.3 is 0 Å². The molecule has 0 aromatic rings. The normalized spacial score (nSPS) is 33.4. The van der Waals surface area contributed by atoms with Crippen LogP contribution in [-0.2, 0) is 18.6 Å². The highest BCUT2D eigenvalue weighted by molar-refractivity contribution is 6.81. The van der Waals surface area contributed by atoms with Crippen molar-refractivity contribution in [2.45, 2.75) is 127 Å². The summed E-state index contributed by atoms with van der Waals surface area (Å²) < 4.78 is 25.5. The van der Waals surface area contributed by atoms with Gasteiger partial charge < -0.3 is 23.7 Å². The number of ether oxygens (including phenoxy) is 3. The Morgan fingerprint density at radius 1 is 1.12 bits per heavy atom. The monoisotopic (exact) mass is 508 g/mol. The zero-order chi connectivity index (χ0) is 25.6.